The molecule has 1 aliphatic heterocycles. The lowest BCUT2D eigenvalue weighted by Crippen LogP contribution is -2.53. The highest BCUT2D eigenvalue weighted by molar-refractivity contribution is 5.76. The van der Waals surface area contributed by atoms with Gasteiger partial charge in [0, 0.05) is 18.6 Å². The van der Waals surface area contributed by atoms with Crippen LogP contribution in [0.2, 0.25) is 0 Å². The van der Waals surface area contributed by atoms with Crippen molar-refractivity contribution >= 4 is 6.03 Å². The number of likely N-dealkylation sites (tertiary alicyclic amines) is 1. The SMILES string of the molecule is CC1CCN1C(=O)NC1CC1. The second-order valence-corrected chi connectivity index (χ2v) is 3.55. The number of hydrogen-bond donors (Lipinski definition) is 1. The zero-order chi connectivity index (χ0) is 7.84. The molecule has 0 aromatic heterocycles. The average Bonchev–Trinajstić information content (AvgIpc) is 2.68. The van der Waals surface area contributed by atoms with E-state index < -0.39 is 0 Å². The van der Waals surface area contributed by atoms with Crippen molar-refractivity contribution in [1.29, 1.82) is 0 Å². The Labute approximate surface area is 66.8 Å². The van der Waals surface area contributed by atoms with Crippen molar-refractivity contribution in [3.05, 3.63) is 0 Å². The Morgan fingerprint density at radius 3 is 2.55 bits per heavy atom. The Kier molecular flexibility index (Phi) is 1.51. The minimum atomic E-state index is 0.145. The van der Waals surface area contributed by atoms with Crippen LogP contribution in [0.4, 0.5) is 4.79 Å². The second kappa shape index (κ2) is 2.40. The second-order valence-electron chi connectivity index (χ2n) is 3.55. The molecule has 0 spiro atoms. The largest absolute Gasteiger partial charge is 0.335 e. The molecule has 1 N–H and O–H groups in total. The molecule has 1 saturated carbocycles. The molecule has 1 atom stereocenters. The van der Waals surface area contributed by atoms with Crippen molar-refractivity contribution < 1.29 is 4.79 Å². The topological polar surface area (TPSA) is 32.3 Å². The van der Waals surface area contributed by atoms with E-state index in [-0.39, 0.29) is 6.03 Å². The number of nitrogens with one attached hydrogen (secondary N) is 1. The number of rotatable bonds is 1. The summed E-state index contributed by atoms with van der Waals surface area (Å²) in [5.41, 5.74) is 0. The Hall–Kier alpha value is -0.730. The number of carbonyl (C=O) groups is 1. The van der Waals surface area contributed by atoms with Crippen molar-refractivity contribution in [3.8, 4) is 0 Å². The molecule has 11 heavy (non-hydrogen) atoms. The van der Waals surface area contributed by atoms with Gasteiger partial charge in [0.2, 0.25) is 0 Å². The number of nitrogens with zero attached hydrogens (tertiary/aromatic N) is 1. The van der Waals surface area contributed by atoms with E-state index in [0.29, 0.717) is 12.1 Å². The summed E-state index contributed by atoms with van der Waals surface area (Å²) >= 11 is 0. The molecule has 62 valence electrons. The molecule has 0 aromatic carbocycles. The predicted octanol–water partition coefficient (Wildman–Crippen LogP) is 0.953. The quantitative estimate of drug-likeness (QED) is 0.599. The van der Waals surface area contributed by atoms with E-state index in [1.54, 1.807) is 0 Å². The number of hydrogen-bond acceptors (Lipinski definition) is 1. The molecule has 0 bridgehead atoms. The van der Waals surface area contributed by atoms with Crippen LogP contribution in [0.5, 0.6) is 0 Å². The Morgan fingerprint density at radius 2 is 2.18 bits per heavy atom. The molecule has 1 unspecified atom stereocenters. The molecule has 2 amide bonds. The fourth-order valence-corrected chi connectivity index (χ4v) is 1.30. The molecule has 3 heteroatoms. The molecule has 1 heterocycles. The van der Waals surface area contributed by atoms with Gasteiger partial charge in [0.15, 0.2) is 0 Å². The van der Waals surface area contributed by atoms with Crippen molar-refractivity contribution in [2.75, 3.05) is 6.54 Å². The molecule has 1 aliphatic carbocycles. The first-order valence-corrected chi connectivity index (χ1v) is 4.34. The number of urea groups is 1. The Bertz CT molecular complexity index is 177. The van der Waals surface area contributed by atoms with Gasteiger partial charge >= 0.3 is 6.03 Å². The van der Waals surface area contributed by atoms with Crippen LogP contribution in [0.1, 0.15) is 26.2 Å². The summed E-state index contributed by atoms with van der Waals surface area (Å²) in [7, 11) is 0. The number of amides is 2. The van der Waals surface area contributed by atoms with E-state index in [4.69, 9.17) is 0 Å². The van der Waals surface area contributed by atoms with Gasteiger partial charge in [-0.1, -0.05) is 0 Å². The van der Waals surface area contributed by atoms with E-state index in [1.807, 2.05) is 4.90 Å². The Balaban J connectivity index is 1.78. The van der Waals surface area contributed by atoms with Crippen LogP contribution in [0, 0.1) is 0 Å². The molecule has 3 nitrogen and oxygen atoms in total. The fraction of sp³-hybridized carbons (Fsp3) is 0.875. The first-order valence-electron chi connectivity index (χ1n) is 4.34. The van der Waals surface area contributed by atoms with Gasteiger partial charge in [-0.2, -0.15) is 0 Å². The normalized spacial score (nSPS) is 29.5. The lowest BCUT2D eigenvalue weighted by Gasteiger charge is -2.38. The van der Waals surface area contributed by atoms with Crippen LogP contribution >= 0.6 is 0 Å². The van der Waals surface area contributed by atoms with Crippen molar-refractivity contribution in [2.24, 2.45) is 0 Å². The fourth-order valence-electron chi connectivity index (χ4n) is 1.30. The van der Waals surface area contributed by atoms with Crippen LogP contribution in [0.25, 0.3) is 0 Å². The first kappa shape index (κ1) is 6.95. The highest BCUT2D eigenvalue weighted by Gasteiger charge is 2.31. The van der Waals surface area contributed by atoms with E-state index in [0.717, 1.165) is 13.0 Å². The van der Waals surface area contributed by atoms with Crippen LogP contribution in [-0.4, -0.2) is 29.6 Å². The summed E-state index contributed by atoms with van der Waals surface area (Å²) in [5, 5.41) is 2.97. The van der Waals surface area contributed by atoms with Gasteiger partial charge in [0.05, 0.1) is 0 Å². The van der Waals surface area contributed by atoms with Gasteiger partial charge in [0.1, 0.15) is 0 Å². The third-order valence-corrected chi connectivity index (χ3v) is 2.49. The Morgan fingerprint density at radius 1 is 1.45 bits per heavy atom. The van der Waals surface area contributed by atoms with E-state index in [2.05, 4.69) is 12.2 Å². The first-order chi connectivity index (χ1) is 5.27. The van der Waals surface area contributed by atoms with E-state index >= 15 is 0 Å². The highest BCUT2D eigenvalue weighted by Crippen LogP contribution is 2.21. The lowest BCUT2D eigenvalue weighted by molar-refractivity contribution is 0.124. The van der Waals surface area contributed by atoms with E-state index in [9.17, 15) is 4.79 Å². The van der Waals surface area contributed by atoms with Crippen LogP contribution < -0.4 is 5.32 Å². The van der Waals surface area contributed by atoms with E-state index in [1.165, 1.54) is 12.8 Å². The monoisotopic (exact) mass is 154 g/mol. The predicted molar refractivity (Wildman–Crippen MR) is 42.3 cm³/mol. The molecule has 0 radical (unpaired) electrons. The molecule has 2 aliphatic rings. The van der Waals surface area contributed by atoms with Crippen LogP contribution in [0.3, 0.4) is 0 Å². The molecular formula is C8H14N2O. The zero-order valence-corrected chi connectivity index (χ0v) is 6.84. The maximum atomic E-state index is 11.3. The van der Waals surface area contributed by atoms with Crippen LogP contribution in [-0.2, 0) is 0 Å². The molecule has 1 saturated heterocycles. The lowest BCUT2D eigenvalue weighted by atomic mass is 10.1. The summed E-state index contributed by atoms with van der Waals surface area (Å²) in [6.07, 6.45) is 3.51. The maximum Gasteiger partial charge on any atom is 0.317 e. The van der Waals surface area contributed by atoms with Crippen LogP contribution in [0.15, 0.2) is 0 Å². The van der Waals surface area contributed by atoms with Gasteiger partial charge in [-0.25, -0.2) is 4.79 Å². The standard InChI is InChI=1S/C8H14N2O/c1-6-4-5-10(6)8(11)9-7-2-3-7/h6-7H,2-5H2,1H3,(H,9,11). The third-order valence-electron chi connectivity index (χ3n) is 2.49. The third kappa shape index (κ3) is 1.32. The smallest absolute Gasteiger partial charge is 0.317 e. The minimum absolute atomic E-state index is 0.145. The summed E-state index contributed by atoms with van der Waals surface area (Å²) in [6, 6.07) is 1.11. The van der Waals surface area contributed by atoms with Crippen molar-refractivity contribution in [3.63, 3.8) is 0 Å². The maximum absolute atomic E-state index is 11.3. The summed E-state index contributed by atoms with van der Waals surface area (Å²) in [6.45, 7) is 3.04. The van der Waals surface area contributed by atoms with Crippen molar-refractivity contribution in [1.82, 2.24) is 10.2 Å². The highest BCUT2D eigenvalue weighted by atomic mass is 16.2. The summed E-state index contributed by atoms with van der Waals surface area (Å²) < 4.78 is 0. The molecule has 2 rings (SSSR count). The molecule has 2 fully saturated rings. The summed E-state index contributed by atoms with van der Waals surface area (Å²) in [5.74, 6) is 0. The van der Waals surface area contributed by atoms with Crippen molar-refractivity contribution in [2.45, 2.75) is 38.3 Å². The summed E-state index contributed by atoms with van der Waals surface area (Å²) in [4.78, 5) is 13.2. The van der Waals surface area contributed by atoms with Gasteiger partial charge in [0.25, 0.3) is 0 Å². The molecule has 0 aromatic rings. The zero-order valence-electron chi connectivity index (χ0n) is 6.84. The molecular weight excluding hydrogens is 140 g/mol. The number of carbonyl (C=O) groups excluding carboxylic acids is 1. The minimum Gasteiger partial charge on any atom is -0.335 e. The van der Waals surface area contributed by atoms with Gasteiger partial charge in [-0.3, -0.25) is 0 Å². The average molecular weight is 154 g/mol. The van der Waals surface area contributed by atoms with Gasteiger partial charge < -0.3 is 10.2 Å². The van der Waals surface area contributed by atoms with Gasteiger partial charge in [-0.15, -0.1) is 0 Å². The van der Waals surface area contributed by atoms with Gasteiger partial charge in [-0.05, 0) is 26.2 Å².